The summed E-state index contributed by atoms with van der Waals surface area (Å²) in [6.45, 7) is 1.37. The van der Waals surface area contributed by atoms with Gasteiger partial charge >= 0.3 is 5.91 Å². The molecule has 0 atom stereocenters. The van der Waals surface area contributed by atoms with Gasteiger partial charge in [-0.25, -0.2) is 0 Å². The van der Waals surface area contributed by atoms with Crippen LogP contribution in [0.25, 0.3) is 0 Å². The van der Waals surface area contributed by atoms with Gasteiger partial charge in [0.2, 0.25) is 12.5 Å². The predicted octanol–water partition coefficient (Wildman–Crippen LogP) is 1.36. The minimum absolute atomic E-state index is 0.00684. The maximum atomic E-state index is 12.1. The largest absolute Gasteiger partial charge is 0.494 e. The number of benzene rings is 1. The van der Waals surface area contributed by atoms with Gasteiger partial charge in [0.15, 0.2) is 12.4 Å². The van der Waals surface area contributed by atoms with E-state index in [2.05, 4.69) is 5.32 Å². The average molecular weight is 316 g/mol. The van der Waals surface area contributed by atoms with E-state index in [1.807, 2.05) is 6.07 Å². The van der Waals surface area contributed by atoms with Gasteiger partial charge in [-0.1, -0.05) is 6.07 Å². The van der Waals surface area contributed by atoms with E-state index in [1.165, 1.54) is 26.2 Å². The summed E-state index contributed by atoms with van der Waals surface area (Å²) in [6, 6.07) is 9.96. The van der Waals surface area contributed by atoms with Crippen molar-refractivity contribution in [2.75, 3.05) is 17.5 Å². The monoisotopic (exact) mass is 316 g/mol. The van der Waals surface area contributed by atoms with E-state index >= 15 is 0 Å². The number of nitrogens with one attached hydrogen (secondary N) is 1. The molecule has 0 saturated heterocycles. The summed E-state index contributed by atoms with van der Waals surface area (Å²) >= 11 is 0. The van der Waals surface area contributed by atoms with Gasteiger partial charge in [0.05, 0.1) is 18.5 Å². The molecule has 120 valence electrons. The van der Waals surface area contributed by atoms with Crippen molar-refractivity contribution in [1.82, 2.24) is 0 Å². The second-order valence-electron chi connectivity index (χ2n) is 4.82. The lowest BCUT2D eigenvalue weighted by Gasteiger charge is -2.16. The number of methoxy groups -OCH3 is 1. The van der Waals surface area contributed by atoms with Gasteiger partial charge in [-0.2, -0.15) is 9.63 Å². The van der Waals surface area contributed by atoms with Crippen LogP contribution in [0.15, 0.2) is 48.8 Å². The predicted molar refractivity (Wildman–Crippen MR) is 83.2 cm³/mol. The molecule has 0 spiro atoms. The van der Waals surface area contributed by atoms with E-state index in [9.17, 15) is 14.8 Å². The molecule has 7 nitrogen and oxygen atoms in total. The third-order valence-corrected chi connectivity index (χ3v) is 3.07. The van der Waals surface area contributed by atoms with Crippen molar-refractivity contribution in [3.63, 3.8) is 0 Å². The zero-order valence-electron chi connectivity index (χ0n) is 12.9. The standard InChI is InChI=1S/C16H17N3O4/c1-12(20)17-14-7-6-13(10-15(14)23-2)19(22)16(21)11-18-8-4-3-5-9-18/h3-10,22H,11H2,1-2H3/p+1. The molecule has 0 aliphatic carbocycles. The number of amides is 2. The number of pyridine rings is 1. The Labute approximate surface area is 133 Å². The maximum absolute atomic E-state index is 12.1. The third kappa shape index (κ3) is 4.27. The second-order valence-corrected chi connectivity index (χ2v) is 4.82. The van der Waals surface area contributed by atoms with E-state index in [4.69, 9.17) is 4.74 Å². The van der Waals surface area contributed by atoms with Crippen molar-refractivity contribution >= 4 is 23.2 Å². The summed E-state index contributed by atoms with van der Waals surface area (Å²) in [6.07, 6.45) is 3.46. The Hall–Kier alpha value is -2.93. The fourth-order valence-corrected chi connectivity index (χ4v) is 2.01. The lowest BCUT2D eigenvalue weighted by atomic mass is 10.2. The number of anilines is 2. The number of hydrogen-bond acceptors (Lipinski definition) is 4. The quantitative estimate of drug-likeness (QED) is 0.496. The van der Waals surface area contributed by atoms with E-state index in [-0.39, 0.29) is 18.1 Å². The lowest BCUT2D eigenvalue weighted by molar-refractivity contribution is -0.684. The highest BCUT2D eigenvalue weighted by atomic mass is 16.5. The highest BCUT2D eigenvalue weighted by Crippen LogP contribution is 2.29. The summed E-state index contributed by atoms with van der Waals surface area (Å²) < 4.78 is 6.81. The molecule has 2 amide bonds. The van der Waals surface area contributed by atoms with E-state index < -0.39 is 5.91 Å². The van der Waals surface area contributed by atoms with Crippen molar-refractivity contribution in [3.8, 4) is 5.75 Å². The zero-order chi connectivity index (χ0) is 16.8. The van der Waals surface area contributed by atoms with E-state index in [0.29, 0.717) is 16.5 Å². The van der Waals surface area contributed by atoms with Crippen LogP contribution >= 0.6 is 0 Å². The molecule has 0 aliphatic heterocycles. The SMILES string of the molecule is COc1cc(N(O)C(=O)C[n+]2ccccc2)ccc1NC(C)=O. The van der Waals surface area contributed by atoms with Crippen LogP contribution in [-0.4, -0.2) is 24.1 Å². The highest BCUT2D eigenvalue weighted by Gasteiger charge is 2.19. The maximum Gasteiger partial charge on any atom is 0.316 e. The van der Waals surface area contributed by atoms with Crippen molar-refractivity contribution in [2.45, 2.75) is 13.5 Å². The molecule has 0 bridgehead atoms. The fourth-order valence-electron chi connectivity index (χ4n) is 2.01. The van der Waals surface area contributed by atoms with Crippen LogP contribution < -0.4 is 19.7 Å². The molecule has 0 unspecified atom stereocenters. The Balaban J connectivity index is 2.16. The molecular weight excluding hydrogens is 298 g/mol. The average Bonchev–Trinajstić information content (AvgIpc) is 2.55. The molecule has 2 rings (SSSR count). The summed E-state index contributed by atoms with van der Waals surface area (Å²) in [5, 5.41) is 13.2. The van der Waals surface area contributed by atoms with Gasteiger partial charge in [-0.3, -0.25) is 14.8 Å². The van der Waals surface area contributed by atoms with E-state index in [1.54, 1.807) is 35.2 Å². The molecule has 0 saturated carbocycles. The minimum Gasteiger partial charge on any atom is -0.494 e. The van der Waals surface area contributed by atoms with E-state index in [0.717, 1.165) is 0 Å². The summed E-state index contributed by atoms with van der Waals surface area (Å²) in [7, 11) is 1.44. The van der Waals surface area contributed by atoms with Crippen LogP contribution in [0.4, 0.5) is 11.4 Å². The summed E-state index contributed by atoms with van der Waals surface area (Å²) in [4.78, 5) is 23.2. The first-order valence-corrected chi connectivity index (χ1v) is 6.93. The van der Waals surface area contributed by atoms with Gasteiger partial charge in [0.1, 0.15) is 5.75 Å². The van der Waals surface area contributed by atoms with Gasteiger partial charge in [-0.05, 0) is 12.1 Å². The normalized spacial score (nSPS) is 10.0. The van der Waals surface area contributed by atoms with Crippen molar-refractivity contribution in [1.29, 1.82) is 0 Å². The lowest BCUT2D eigenvalue weighted by Crippen LogP contribution is -2.43. The first-order valence-electron chi connectivity index (χ1n) is 6.93. The van der Waals surface area contributed by atoms with Gasteiger partial charge < -0.3 is 10.1 Å². The summed E-state index contributed by atoms with van der Waals surface area (Å²) in [5.41, 5.74) is 0.708. The van der Waals surface area contributed by atoms with Crippen LogP contribution in [-0.2, 0) is 16.1 Å². The number of hydrogen-bond donors (Lipinski definition) is 2. The molecule has 23 heavy (non-hydrogen) atoms. The number of ether oxygens (including phenoxy) is 1. The minimum atomic E-state index is -0.504. The van der Waals surface area contributed by atoms with Crippen molar-refractivity contribution < 1.29 is 24.1 Å². The first kappa shape index (κ1) is 16.4. The van der Waals surface area contributed by atoms with Crippen LogP contribution in [0.3, 0.4) is 0 Å². The van der Waals surface area contributed by atoms with Gasteiger partial charge in [0, 0.05) is 25.1 Å². The van der Waals surface area contributed by atoms with Crippen molar-refractivity contribution in [3.05, 3.63) is 48.8 Å². The number of rotatable bonds is 5. The summed E-state index contributed by atoms with van der Waals surface area (Å²) in [5.74, 6) is -0.402. The molecule has 1 heterocycles. The zero-order valence-corrected chi connectivity index (χ0v) is 12.9. The number of carbonyl (C=O) groups is 2. The molecule has 7 heteroatoms. The first-order chi connectivity index (χ1) is 11.0. The highest BCUT2D eigenvalue weighted by molar-refractivity contribution is 5.93. The smallest absolute Gasteiger partial charge is 0.316 e. The molecule has 1 aromatic heterocycles. The Kier molecular flexibility index (Phi) is 5.27. The Bertz CT molecular complexity index is 704. The molecule has 0 aliphatic rings. The van der Waals surface area contributed by atoms with Crippen LogP contribution in [0, 0.1) is 0 Å². The van der Waals surface area contributed by atoms with Crippen LogP contribution in [0.1, 0.15) is 6.92 Å². The Morgan fingerprint density at radius 2 is 1.96 bits per heavy atom. The fraction of sp³-hybridized carbons (Fsp3) is 0.188. The third-order valence-electron chi connectivity index (χ3n) is 3.07. The molecule has 2 N–H and O–H groups in total. The number of aromatic nitrogens is 1. The topological polar surface area (TPSA) is 82.8 Å². The van der Waals surface area contributed by atoms with Crippen LogP contribution in [0.2, 0.25) is 0 Å². The molecule has 0 fully saturated rings. The molecular formula is C16H18N3O4+. The second kappa shape index (κ2) is 7.37. The Morgan fingerprint density at radius 3 is 2.57 bits per heavy atom. The Morgan fingerprint density at radius 1 is 1.26 bits per heavy atom. The molecule has 2 aromatic rings. The van der Waals surface area contributed by atoms with Gasteiger partial charge in [0.25, 0.3) is 0 Å². The van der Waals surface area contributed by atoms with Gasteiger partial charge in [-0.15, -0.1) is 0 Å². The number of hydroxylamine groups is 1. The van der Waals surface area contributed by atoms with Crippen molar-refractivity contribution in [2.24, 2.45) is 0 Å². The number of carbonyl (C=O) groups excluding carboxylic acids is 2. The molecule has 0 radical (unpaired) electrons. The molecule has 1 aromatic carbocycles. The van der Waals surface area contributed by atoms with Crippen LogP contribution in [0.5, 0.6) is 5.75 Å². The number of nitrogens with zero attached hydrogens (tertiary/aromatic N) is 2.